The summed E-state index contributed by atoms with van der Waals surface area (Å²) in [5.41, 5.74) is 1.98. The molecule has 0 radical (unpaired) electrons. The van der Waals surface area contributed by atoms with E-state index in [-0.39, 0.29) is 10.7 Å². The van der Waals surface area contributed by atoms with Crippen molar-refractivity contribution in [3.8, 4) is 5.75 Å². The third-order valence-corrected chi connectivity index (χ3v) is 5.50. The van der Waals surface area contributed by atoms with Gasteiger partial charge in [-0.05, 0) is 67.1 Å². The molecule has 0 amide bonds. The summed E-state index contributed by atoms with van der Waals surface area (Å²) in [6.07, 6.45) is 0. The van der Waals surface area contributed by atoms with Crippen molar-refractivity contribution >= 4 is 27.1 Å². The standard InChI is InChI=1S/C20H19FN2O3S/c1-14-13-17(26-2)11-12-20(14)27(24,25)23-16-9-7-15(8-10-16)22-19-6-4-3-5-18(19)21/h3-13,22-23H,1-2H3. The van der Waals surface area contributed by atoms with Gasteiger partial charge in [0.2, 0.25) is 0 Å². The molecule has 0 aliphatic rings. The van der Waals surface area contributed by atoms with Crippen molar-refractivity contribution in [2.24, 2.45) is 0 Å². The molecule has 0 unspecified atom stereocenters. The highest BCUT2D eigenvalue weighted by Gasteiger charge is 2.17. The Morgan fingerprint density at radius 1 is 0.926 bits per heavy atom. The molecule has 0 bridgehead atoms. The van der Waals surface area contributed by atoms with Gasteiger partial charge in [0.05, 0.1) is 17.7 Å². The molecule has 0 spiro atoms. The van der Waals surface area contributed by atoms with E-state index in [1.807, 2.05) is 0 Å². The van der Waals surface area contributed by atoms with Crippen LogP contribution in [-0.4, -0.2) is 15.5 Å². The second kappa shape index (κ2) is 7.67. The Morgan fingerprint density at radius 2 is 1.59 bits per heavy atom. The highest BCUT2D eigenvalue weighted by Crippen LogP contribution is 2.25. The largest absolute Gasteiger partial charge is 0.497 e. The van der Waals surface area contributed by atoms with Gasteiger partial charge in [0, 0.05) is 11.4 Å². The molecule has 0 atom stereocenters. The highest BCUT2D eigenvalue weighted by molar-refractivity contribution is 7.92. The average molecular weight is 386 g/mol. The molecule has 2 N–H and O–H groups in total. The van der Waals surface area contributed by atoms with Gasteiger partial charge in [-0.1, -0.05) is 12.1 Å². The molecule has 140 valence electrons. The van der Waals surface area contributed by atoms with Crippen LogP contribution in [0.1, 0.15) is 5.56 Å². The summed E-state index contributed by atoms with van der Waals surface area (Å²) in [6, 6.07) is 17.7. The number of methoxy groups -OCH3 is 1. The molecule has 0 aromatic heterocycles. The van der Waals surface area contributed by atoms with Gasteiger partial charge < -0.3 is 10.1 Å². The van der Waals surface area contributed by atoms with E-state index >= 15 is 0 Å². The fraction of sp³-hybridized carbons (Fsp3) is 0.100. The van der Waals surface area contributed by atoms with Gasteiger partial charge in [-0.25, -0.2) is 12.8 Å². The van der Waals surface area contributed by atoms with E-state index in [9.17, 15) is 12.8 Å². The molecule has 7 heteroatoms. The Bertz CT molecular complexity index is 1050. The average Bonchev–Trinajstić information content (AvgIpc) is 2.64. The number of rotatable bonds is 6. The molecule has 0 aliphatic carbocycles. The maximum atomic E-state index is 13.7. The molecule has 3 rings (SSSR count). The predicted octanol–water partition coefficient (Wildman–Crippen LogP) is 4.69. The fourth-order valence-electron chi connectivity index (χ4n) is 2.60. The number of benzene rings is 3. The fourth-order valence-corrected chi connectivity index (χ4v) is 3.89. The highest BCUT2D eigenvalue weighted by atomic mass is 32.2. The Balaban J connectivity index is 1.77. The zero-order chi connectivity index (χ0) is 19.4. The van der Waals surface area contributed by atoms with E-state index in [1.54, 1.807) is 61.5 Å². The zero-order valence-corrected chi connectivity index (χ0v) is 15.7. The van der Waals surface area contributed by atoms with Gasteiger partial charge in [-0.3, -0.25) is 4.72 Å². The predicted molar refractivity (Wildman–Crippen MR) is 105 cm³/mol. The van der Waals surface area contributed by atoms with Crippen LogP contribution in [0.5, 0.6) is 5.75 Å². The molecule has 27 heavy (non-hydrogen) atoms. The molecule has 0 fully saturated rings. The summed E-state index contributed by atoms with van der Waals surface area (Å²) in [4.78, 5) is 0.178. The SMILES string of the molecule is COc1ccc(S(=O)(=O)Nc2ccc(Nc3ccccc3F)cc2)c(C)c1. The molecule has 3 aromatic carbocycles. The molecule has 0 saturated heterocycles. The minimum absolute atomic E-state index is 0.178. The summed E-state index contributed by atoms with van der Waals surface area (Å²) in [5.74, 6) is 0.229. The van der Waals surface area contributed by atoms with Crippen molar-refractivity contribution in [1.29, 1.82) is 0 Å². The smallest absolute Gasteiger partial charge is 0.262 e. The molecule has 0 heterocycles. The second-order valence-electron chi connectivity index (χ2n) is 5.92. The van der Waals surface area contributed by atoms with Crippen LogP contribution in [0.15, 0.2) is 71.6 Å². The number of hydrogen-bond acceptors (Lipinski definition) is 4. The second-order valence-corrected chi connectivity index (χ2v) is 7.57. The van der Waals surface area contributed by atoms with Gasteiger partial charge in [0.1, 0.15) is 11.6 Å². The van der Waals surface area contributed by atoms with Crippen molar-refractivity contribution in [2.45, 2.75) is 11.8 Å². The van der Waals surface area contributed by atoms with Crippen LogP contribution in [0.25, 0.3) is 0 Å². The molecule has 3 aromatic rings. The monoisotopic (exact) mass is 386 g/mol. The lowest BCUT2D eigenvalue weighted by Crippen LogP contribution is -2.14. The van der Waals surface area contributed by atoms with Gasteiger partial charge >= 0.3 is 0 Å². The molecular formula is C20H19FN2O3S. The Morgan fingerprint density at radius 3 is 2.22 bits per heavy atom. The van der Waals surface area contributed by atoms with Crippen LogP contribution in [0.2, 0.25) is 0 Å². The maximum Gasteiger partial charge on any atom is 0.262 e. The number of halogens is 1. The van der Waals surface area contributed by atoms with Crippen LogP contribution in [0.4, 0.5) is 21.5 Å². The summed E-state index contributed by atoms with van der Waals surface area (Å²) < 4.78 is 46.6. The van der Waals surface area contributed by atoms with Gasteiger partial charge in [-0.2, -0.15) is 0 Å². The summed E-state index contributed by atoms with van der Waals surface area (Å²) in [5, 5.41) is 2.95. The summed E-state index contributed by atoms with van der Waals surface area (Å²) in [7, 11) is -2.21. The Kier molecular flexibility index (Phi) is 5.32. The molecule has 0 saturated carbocycles. The van der Waals surface area contributed by atoms with Crippen molar-refractivity contribution in [3.63, 3.8) is 0 Å². The lowest BCUT2D eigenvalue weighted by molar-refractivity contribution is 0.414. The van der Waals surface area contributed by atoms with Crippen LogP contribution < -0.4 is 14.8 Å². The number of para-hydroxylation sites is 1. The first-order chi connectivity index (χ1) is 12.9. The van der Waals surface area contributed by atoms with E-state index in [4.69, 9.17) is 4.74 Å². The van der Waals surface area contributed by atoms with Crippen molar-refractivity contribution in [3.05, 3.63) is 78.1 Å². The summed E-state index contributed by atoms with van der Waals surface area (Å²) >= 11 is 0. The lowest BCUT2D eigenvalue weighted by Gasteiger charge is -2.12. The first kappa shape index (κ1) is 18.7. The maximum absolute atomic E-state index is 13.7. The third kappa shape index (κ3) is 4.38. The normalized spacial score (nSPS) is 11.1. The summed E-state index contributed by atoms with van der Waals surface area (Å²) in [6.45, 7) is 1.71. The van der Waals surface area contributed by atoms with Crippen LogP contribution in [0, 0.1) is 12.7 Å². The number of sulfonamides is 1. The van der Waals surface area contributed by atoms with Gasteiger partial charge in [0.15, 0.2) is 0 Å². The number of hydrogen-bond donors (Lipinski definition) is 2. The van der Waals surface area contributed by atoms with Gasteiger partial charge in [-0.15, -0.1) is 0 Å². The van der Waals surface area contributed by atoms with Crippen LogP contribution in [0.3, 0.4) is 0 Å². The van der Waals surface area contributed by atoms with Crippen molar-refractivity contribution in [2.75, 3.05) is 17.1 Å². The minimum atomic E-state index is -3.73. The number of aryl methyl sites for hydroxylation is 1. The topological polar surface area (TPSA) is 67.4 Å². The van der Waals surface area contributed by atoms with Gasteiger partial charge in [0.25, 0.3) is 10.0 Å². The molecule has 5 nitrogen and oxygen atoms in total. The third-order valence-electron chi connectivity index (χ3n) is 3.96. The minimum Gasteiger partial charge on any atom is -0.497 e. The number of nitrogens with one attached hydrogen (secondary N) is 2. The Labute approximate surface area is 157 Å². The molecular weight excluding hydrogens is 367 g/mol. The Hall–Kier alpha value is -3.06. The first-order valence-electron chi connectivity index (χ1n) is 8.18. The van der Waals surface area contributed by atoms with Crippen LogP contribution in [-0.2, 0) is 10.0 Å². The van der Waals surface area contributed by atoms with E-state index in [0.717, 1.165) is 0 Å². The van der Waals surface area contributed by atoms with Crippen molar-refractivity contribution < 1.29 is 17.5 Å². The number of ether oxygens (including phenoxy) is 1. The van der Waals surface area contributed by atoms with E-state index in [1.165, 1.54) is 19.2 Å². The van der Waals surface area contributed by atoms with E-state index in [0.29, 0.717) is 28.4 Å². The quantitative estimate of drug-likeness (QED) is 0.645. The van der Waals surface area contributed by atoms with E-state index < -0.39 is 10.0 Å². The lowest BCUT2D eigenvalue weighted by atomic mass is 10.2. The van der Waals surface area contributed by atoms with Crippen molar-refractivity contribution in [1.82, 2.24) is 0 Å². The first-order valence-corrected chi connectivity index (χ1v) is 9.66. The number of anilines is 3. The van der Waals surface area contributed by atoms with E-state index in [2.05, 4.69) is 10.0 Å². The molecule has 0 aliphatic heterocycles. The van der Waals surface area contributed by atoms with Crippen LogP contribution >= 0.6 is 0 Å². The zero-order valence-electron chi connectivity index (χ0n) is 14.9.